The molecule has 0 unspecified atom stereocenters. The summed E-state index contributed by atoms with van der Waals surface area (Å²) in [6.45, 7) is 3.83. The minimum absolute atomic E-state index is 0.135. The van der Waals surface area contributed by atoms with Gasteiger partial charge in [0.05, 0.1) is 0 Å². The highest BCUT2D eigenvalue weighted by Gasteiger charge is 2.34. The molecule has 0 spiro atoms. The molecular formula is C36H52F2N6. The summed E-state index contributed by atoms with van der Waals surface area (Å²) >= 11 is 0. The smallest absolute Gasteiger partial charge is 0.123 e. The summed E-state index contributed by atoms with van der Waals surface area (Å²) in [5.74, 6) is 1.20. The van der Waals surface area contributed by atoms with Gasteiger partial charge in [0.2, 0.25) is 0 Å². The number of hydrogen-bond donors (Lipinski definition) is 1. The van der Waals surface area contributed by atoms with Gasteiger partial charge in [0, 0.05) is 42.2 Å². The average molecular weight is 607 g/mol. The number of hydrogen-bond acceptors (Lipinski definition) is 4. The lowest BCUT2D eigenvalue weighted by Crippen LogP contribution is -2.44. The molecule has 0 aromatic heterocycles. The molecule has 0 amide bonds. The summed E-state index contributed by atoms with van der Waals surface area (Å²) in [6.07, 6.45) is 17.3. The van der Waals surface area contributed by atoms with Crippen molar-refractivity contribution in [3.63, 3.8) is 0 Å². The number of nitrogens with two attached hydrogens (primary N) is 1. The Hall–Kier alpha value is -2.51. The fourth-order valence-corrected chi connectivity index (χ4v) is 8.53. The summed E-state index contributed by atoms with van der Waals surface area (Å²) in [7, 11) is 0. The molecule has 4 aliphatic rings. The Labute approximate surface area is 263 Å². The van der Waals surface area contributed by atoms with Crippen molar-refractivity contribution < 1.29 is 8.78 Å². The predicted octanol–water partition coefficient (Wildman–Crippen LogP) is 8.05. The Kier molecular flexibility index (Phi) is 12.5. The monoisotopic (exact) mass is 606 g/mol. The van der Waals surface area contributed by atoms with Crippen molar-refractivity contribution in [2.75, 3.05) is 26.2 Å². The van der Waals surface area contributed by atoms with E-state index in [-0.39, 0.29) is 11.6 Å². The standard InChI is InChI=1S/C18H25FN4.C18H27FN2/c19-16-7-3-14(4-8-16)12-15-5-9-17(10-6-15)23-11-1-2-18(23)13-21-22-20;19-16-7-3-14(4-8-16)12-15-5-9-17(10-6-15)21-11-1-2-18(21)13-20/h3-4,7-8,15,17-18H,1-2,5-6,9-13H2;3-4,7-8,15,17-18H,1-2,5-6,9-13,20H2/t2*15?,17?,18-/m00/s1. The second-order valence-corrected chi connectivity index (χ2v) is 13.7. The molecule has 6 rings (SSSR count). The van der Waals surface area contributed by atoms with Crippen molar-refractivity contribution in [3.05, 3.63) is 81.7 Å². The number of likely N-dealkylation sites (tertiary alicyclic amines) is 2. The maximum Gasteiger partial charge on any atom is 0.123 e. The number of benzene rings is 2. The van der Waals surface area contributed by atoms with Crippen LogP contribution in [0.25, 0.3) is 10.4 Å². The van der Waals surface area contributed by atoms with Crippen LogP contribution in [0.1, 0.15) is 88.2 Å². The van der Waals surface area contributed by atoms with E-state index in [1.54, 1.807) is 24.3 Å². The number of nitrogens with zero attached hydrogens (tertiary/aromatic N) is 5. The maximum atomic E-state index is 13.0. The van der Waals surface area contributed by atoms with E-state index in [0.717, 1.165) is 50.2 Å². The normalized spacial score (nSPS) is 29.5. The summed E-state index contributed by atoms with van der Waals surface area (Å²) in [5, 5.41) is 3.79. The van der Waals surface area contributed by atoms with E-state index in [4.69, 9.17) is 11.3 Å². The van der Waals surface area contributed by atoms with Crippen LogP contribution in [0.4, 0.5) is 8.78 Å². The lowest BCUT2D eigenvalue weighted by molar-refractivity contribution is 0.126. The Morgan fingerprint density at radius 3 is 1.52 bits per heavy atom. The molecule has 2 saturated heterocycles. The predicted molar refractivity (Wildman–Crippen MR) is 174 cm³/mol. The van der Waals surface area contributed by atoms with Crippen LogP contribution in [-0.4, -0.2) is 60.1 Å². The first-order chi connectivity index (χ1) is 21.5. The number of azide groups is 1. The molecule has 2 aliphatic carbocycles. The van der Waals surface area contributed by atoms with Crippen LogP contribution in [-0.2, 0) is 12.8 Å². The number of halogens is 2. The van der Waals surface area contributed by atoms with E-state index in [9.17, 15) is 8.78 Å². The molecular weight excluding hydrogens is 554 g/mol. The van der Waals surface area contributed by atoms with E-state index in [0.29, 0.717) is 24.7 Å². The van der Waals surface area contributed by atoms with Crippen molar-refractivity contribution in [1.29, 1.82) is 0 Å². The van der Waals surface area contributed by atoms with Gasteiger partial charge >= 0.3 is 0 Å². The van der Waals surface area contributed by atoms with Crippen molar-refractivity contribution in [2.24, 2.45) is 22.7 Å². The van der Waals surface area contributed by atoms with Gasteiger partial charge in [0.1, 0.15) is 11.6 Å². The van der Waals surface area contributed by atoms with Crippen molar-refractivity contribution in [2.45, 2.75) is 114 Å². The SMILES string of the molecule is NC[C@@H]1CCCN1C1CCC(Cc2ccc(F)cc2)CC1.[N-]=[N+]=NC[C@@H]1CCCN1C1CCC(Cc2ccc(F)cc2)CC1. The van der Waals surface area contributed by atoms with Crippen LogP contribution >= 0.6 is 0 Å². The largest absolute Gasteiger partial charge is 0.329 e. The van der Waals surface area contributed by atoms with Gasteiger partial charge in [0.25, 0.3) is 0 Å². The summed E-state index contributed by atoms with van der Waals surface area (Å²) in [5.41, 5.74) is 17.0. The second kappa shape index (κ2) is 16.7. The van der Waals surface area contributed by atoms with Crippen LogP contribution in [0.15, 0.2) is 53.6 Å². The Bertz CT molecular complexity index is 1170. The van der Waals surface area contributed by atoms with Crippen molar-refractivity contribution in [3.8, 4) is 0 Å². The van der Waals surface area contributed by atoms with E-state index in [2.05, 4.69) is 19.8 Å². The van der Waals surface area contributed by atoms with E-state index < -0.39 is 0 Å². The molecule has 2 aromatic rings. The van der Waals surface area contributed by atoms with Crippen LogP contribution < -0.4 is 5.73 Å². The Balaban J connectivity index is 0.000000175. The van der Waals surface area contributed by atoms with Gasteiger partial charge in [-0.2, -0.15) is 0 Å². The van der Waals surface area contributed by atoms with Crippen LogP contribution in [0.2, 0.25) is 0 Å². The zero-order valence-electron chi connectivity index (χ0n) is 26.4. The topological polar surface area (TPSA) is 81.3 Å². The molecule has 2 N–H and O–H groups in total. The molecule has 2 atom stereocenters. The first kappa shape index (κ1) is 32.9. The molecule has 4 fully saturated rings. The molecule has 0 radical (unpaired) electrons. The quantitative estimate of drug-likeness (QED) is 0.178. The van der Waals surface area contributed by atoms with Gasteiger partial charge in [-0.15, -0.1) is 0 Å². The van der Waals surface area contributed by atoms with Crippen LogP contribution in [0.5, 0.6) is 0 Å². The minimum Gasteiger partial charge on any atom is -0.329 e. The molecule has 44 heavy (non-hydrogen) atoms. The molecule has 2 heterocycles. The van der Waals surface area contributed by atoms with Crippen LogP contribution in [0.3, 0.4) is 0 Å². The Morgan fingerprint density at radius 1 is 0.659 bits per heavy atom. The summed E-state index contributed by atoms with van der Waals surface area (Å²) < 4.78 is 25.9. The molecule has 2 aromatic carbocycles. The first-order valence-electron chi connectivity index (χ1n) is 17.2. The molecule has 0 bridgehead atoms. The fourth-order valence-electron chi connectivity index (χ4n) is 8.53. The van der Waals surface area contributed by atoms with E-state index in [1.807, 2.05) is 24.3 Å². The molecule has 6 nitrogen and oxygen atoms in total. The van der Waals surface area contributed by atoms with Crippen molar-refractivity contribution >= 4 is 0 Å². The third-order valence-electron chi connectivity index (χ3n) is 10.9. The maximum absolute atomic E-state index is 13.0. The third kappa shape index (κ3) is 9.26. The Morgan fingerprint density at radius 2 is 1.09 bits per heavy atom. The first-order valence-corrected chi connectivity index (χ1v) is 17.2. The van der Waals surface area contributed by atoms with Gasteiger partial charge in [-0.05, 0) is 156 Å². The zero-order valence-corrected chi connectivity index (χ0v) is 26.4. The third-order valence-corrected chi connectivity index (χ3v) is 10.9. The molecule has 240 valence electrons. The fraction of sp³-hybridized carbons (Fsp3) is 0.667. The minimum atomic E-state index is -0.155. The second-order valence-electron chi connectivity index (χ2n) is 13.7. The van der Waals surface area contributed by atoms with Gasteiger partial charge < -0.3 is 5.73 Å². The molecule has 2 aliphatic heterocycles. The lowest BCUT2D eigenvalue weighted by atomic mass is 9.81. The number of rotatable bonds is 9. The molecule has 8 heteroatoms. The average Bonchev–Trinajstić information content (AvgIpc) is 3.73. The lowest BCUT2D eigenvalue weighted by Gasteiger charge is -2.37. The van der Waals surface area contributed by atoms with Gasteiger partial charge in [-0.1, -0.05) is 29.4 Å². The molecule has 2 saturated carbocycles. The highest BCUT2D eigenvalue weighted by molar-refractivity contribution is 5.17. The summed E-state index contributed by atoms with van der Waals surface area (Å²) in [4.78, 5) is 8.18. The van der Waals surface area contributed by atoms with Gasteiger partial charge in [-0.3, -0.25) is 9.80 Å². The van der Waals surface area contributed by atoms with Crippen LogP contribution in [0, 0.1) is 23.5 Å². The van der Waals surface area contributed by atoms with E-state index >= 15 is 0 Å². The van der Waals surface area contributed by atoms with Gasteiger partial charge in [0.15, 0.2) is 0 Å². The summed E-state index contributed by atoms with van der Waals surface area (Å²) in [6, 6.07) is 16.5. The zero-order chi connectivity index (χ0) is 30.7. The highest BCUT2D eigenvalue weighted by Crippen LogP contribution is 2.35. The van der Waals surface area contributed by atoms with Gasteiger partial charge in [-0.25, -0.2) is 8.78 Å². The van der Waals surface area contributed by atoms with E-state index in [1.165, 1.54) is 88.3 Å². The van der Waals surface area contributed by atoms with Crippen molar-refractivity contribution in [1.82, 2.24) is 9.80 Å². The highest BCUT2D eigenvalue weighted by atomic mass is 19.1.